The molecule has 1 N–H and O–H groups in total. The molecule has 18 heavy (non-hydrogen) atoms. The van der Waals surface area contributed by atoms with Crippen LogP contribution in [0.25, 0.3) is 11.3 Å². The lowest BCUT2D eigenvalue weighted by Gasteiger charge is -2.05. The number of ether oxygens (including phenoxy) is 1. The number of halogens is 1. The lowest BCUT2D eigenvalue weighted by molar-refractivity contribution is 0.0652. The van der Waals surface area contributed by atoms with Crippen LogP contribution in [0.5, 0.6) is 0 Å². The quantitative estimate of drug-likeness (QED) is 0.902. The van der Waals surface area contributed by atoms with Crippen LogP contribution in [-0.4, -0.2) is 23.3 Å². The van der Waals surface area contributed by atoms with Gasteiger partial charge in [0.25, 0.3) is 0 Å². The fourth-order valence-electron chi connectivity index (χ4n) is 1.59. The van der Waals surface area contributed by atoms with E-state index in [2.05, 4.69) is 9.68 Å². The van der Waals surface area contributed by atoms with Crippen LogP contribution < -0.4 is 0 Å². The zero-order valence-corrected chi connectivity index (χ0v) is 9.51. The fraction of sp³-hybridized carbons (Fsp3) is 0.167. The molecule has 1 aromatic heterocycles. The number of nitrogens with zero attached hydrogens (tertiary/aromatic N) is 1. The topological polar surface area (TPSA) is 72.6 Å². The molecule has 0 unspecified atom stereocenters. The maximum absolute atomic E-state index is 13.1. The SMILES string of the molecule is COCc1cc(F)ccc1-c1cc(C(=O)O)on1. The number of methoxy groups -OCH3 is 1. The van der Waals surface area contributed by atoms with E-state index in [-0.39, 0.29) is 12.4 Å². The van der Waals surface area contributed by atoms with Crippen molar-refractivity contribution in [2.24, 2.45) is 0 Å². The Morgan fingerprint density at radius 2 is 2.28 bits per heavy atom. The summed E-state index contributed by atoms with van der Waals surface area (Å²) >= 11 is 0. The highest BCUT2D eigenvalue weighted by Crippen LogP contribution is 2.25. The fourth-order valence-corrected chi connectivity index (χ4v) is 1.59. The van der Waals surface area contributed by atoms with Crippen molar-refractivity contribution >= 4 is 5.97 Å². The summed E-state index contributed by atoms with van der Waals surface area (Å²) in [4.78, 5) is 10.7. The Bertz CT molecular complexity index is 579. The molecule has 94 valence electrons. The lowest BCUT2D eigenvalue weighted by Crippen LogP contribution is -1.94. The lowest BCUT2D eigenvalue weighted by atomic mass is 10.0. The Morgan fingerprint density at radius 1 is 1.50 bits per heavy atom. The third-order valence-corrected chi connectivity index (χ3v) is 2.36. The van der Waals surface area contributed by atoms with Gasteiger partial charge in [0.1, 0.15) is 11.5 Å². The van der Waals surface area contributed by atoms with Gasteiger partial charge < -0.3 is 14.4 Å². The number of aromatic nitrogens is 1. The molecule has 5 nitrogen and oxygen atoms in total. The Hall–Kier alpha value is -2.21. The average Bonchev–Trinajstić information content (AvgIpc) is 2.79. The average molecular weight is 251 g/mol. The molecule has 0 aliphatic heterocycles. The van der Waals surface area contributed by atoms with Gasteiger partial charge in [-0.3, -0.25) is 0 Å². The zero-order chi connectivity index (χ0) is 13.1. The highest BCUT2D eigenvalue weighted by atomic mass is 19.1. The van der Waals surface area contributed by atoms with Crippen LogP contribution in [0, 0.1) is 5.82 Å². The number of carboxylic acid groups (broad SMARTS) is 1. The summed E-state index contributed by atoms with van der Waals surface area (Å²) in [5.74, 6) is -1.87. The molecular weight excluding hydrogens is 241 g/mol. The minimum absolute atomic E-state index is 0.197. The van der Waals surface area contributed by atoms with E-state index in [1.165, 1.54) is 31.4 Å². The van der Waals surface area contributed by atoms with Gasteiger partial charge in [-0.2, -0.15) is 0 Å². The predicted octanol–water partition coefficient (Wildman–Crippen LogP) is 2.33. The number of carboxylic acids is 1. The molecule has 1 heterocycles. The molecule has 0 atom stereocenters. The molecule has 6 heteroatoms. The molecule has 0 bridgehead atoms. The molecular formula is C12H10FNO4. The monoisotopic (exact) mass is 251 g/mol. The molecule has 0 saturated carbocycles. The smallest absolute Gasteiger partial charge is 0.374 e. The van der Waals surface area contributed by atoms with Gasteiger partial charge in [-0.15, -0.1) is 0 Å². The van der Waals surface area contributed by atoms with Crippen molar-refractivity contribution in [2.75, 3.05) is 7.11 Å². The summed E-state index contributed by atoms with van der Waals surface area (Å²) in [5, 5.41) is 12.4. The molecule has 0 amide bonds. The Kier molecular flexibility index (Phi) is 3.38. The van der Waals surface area contributed by atoms with E-state index in [1.807, 2.05) is 0 Å². The third-order valence-electron chi connectivity index (χ3n) is 2.36. The van der Waals surface area contributed by atoms with Crippen molar-refractivity contribution in [3.05, 3.63) is 41.4 Å². The van der Waals surface area contributed by atoms with Crippen LogP contribution in [0.3, 0.4) is 0 Å². The van der Waals surface area contributed by atoms with Gasteiger partial charge in [-0.25, -0.2) is 9.18 Å². The van der Waals surface area contributed by atoms with Crippen LogP contribution in [0.4, 0.5) is 4.39 Å². The molecule has 0 saturated heterocycles. The summed E-state index contributed by atoms with van der Waals surface area (Å²) in [6, 6.07) is 5.37. The van der Waals surface area contributed by atoms with Crippen LogP contribution in [0.2, 0.25) is 0 Å². The van der Waals surface area contributed by atoms with Crippen molar-refractivity contribution in [1.82, 2.24) is 5.16 Å². The summed E-state index contributed by atoms with van der Waals surface area (Å²) in [6.07, 6.45) is 0. The highest BCUT2D eigenvalue weighted by Gasteiger charge is 2.15. The van der Waals surface area contributed by atoms with Crippen molar-refractivity contribution in [1.29, 1.82) is 0 Å². The highest BCUT2D eigenvalue weighted by molar-refractivity contribution is 5.85. The number of hydrogen-bond donors (Lipinski definition) is 1. The van der Waals surface area contributed by atoms with Gasteiger partial charge in [0.2, 0.25) is 5.76 Å². The Labute approximate surface area is 102 Å². The van der Waals surface area contributed by atoms with Crippen molar-refractivity contribution < 1.29 is 23.6 Å². The number of hydrogen-bond acceptors (Lipinski definition) is 4. The molecule has 1 aromatic carbocycles. The first-order chi connectivity index (χ1) is 8.61. The maximum atomic E-state index is 13.1. The van der Waals surface area contributed by atoms with Crippen molar-refractivity contribution in [3.63, 3.8) is 0 Å². The Morgan fingerprint density at radius 3 is 2.89 bits per heavy atom. The van der Waals surface area contributed by atoms with Crippen LogP contribution >= 0.6 is 0 Å². The number of rotatable bonds is 4. The standard InChI is InChI=1S/C12H10FNO4/c1-17-6-7-4-8(13)2-3-9(7)10-5-11(12(15)16)18-14-10/h2-5H,6H2,1H3,(H,15,16). The van der Waals surface area contributed by atoms with E-state index in [0.717, 1.165) is 0 Å². The number of aromatic carboxylic acids is 1. The first-order valence-corrected chi connectivity index (χ1v) is 5.09. The molecule has 2 aromatic rings. The van der Waals surface area contributed by atoms with Gasteiger partial charge in [-0.1, -0.05) is 5.16 Å². The predicted molar refractivity (Wildman–Crippen MR) is 59.6 cm³/mol. The van der Waals surface area contributed by atoms with E-state index in [1.54, 1.807) is 0 Å². The van der Waals surface area contributed by atoms with E-state index in [0.29, 0.717) is 16.8 Å². The van der Waals surface area contributed by atoms with Crippen molar-refractivity contribution in [2.45, 2.75) is 6.61 Å². The summed E-state index contributed by atoms with van der Waals surface area (Å²) in [6.45, 7) is 0.197. The first-order valence-electron chi connectivity index (χ1n) is 5.09. The molecule has 0 spiro atoms. The van der Waals surface area contributed by atoms with Crippen LogP contribution in [0.15, 0.2) is 28.8 Å². The van der Waals surface area contributed by atoms with E-state index in [9.17, 15) is 9.18 Å². The third kappa shape index (κ3) is 2.38. The van der Waals surface area contributed by atoms with Gasteiger partial charge in [0, 0.05) is 18.7 Å². The van der Waals surface area contributed by atoms with Gasteiger partial charge >= 0.3 is 5.97 Å². The Balaban J connectivity index is 2.45. The second kappa shape index (κ2) is 4.97. The van der Waals surface area contributed by atoms with Crippen LogP contribution in [-0.2, 0) is 11.3 Å². The number of carbonyl (C=O) groups is 1. The van der Waals surface area contributed by atoms with Gasteiger partial charge in [-0.05, 0) is 23.8 Å². The summed E-state index contributed by atoms with van der Waals surface area (Å²) < 4.78 is 22.7. The molecule has 0 aliphatic carbocycles. The largest absolute Gasteiger partial charge is 0.475 e. The summed E-state index contributed by atoms with van der Waals surface area (Å²) in [5.41, 5.74) is 1.48. The summed E-state index contributed by atoms with van der Waals surface area (Å²) in [7, 11) is 1.49. The van der Waals surface area contributed by atoms with E-state index in [4.69, 9.17) is 9.84 Å². The molecule has 2 rings (SSSR count). The molecule has 0 radical (unpaired) electrons. The van der Waals surface area contributed by atoms with E-state index >= 15 is 0 Å². The maximum Gasteiger partial charge on any atom is 0.374 e. The second-order valence-corrected chi connectivity index (χ2v) is 3.62. The number of benzene rings is 1. The normalized spacial score (nSPS) is 10.6. The zero-order valence-electron chi connectivity index (χ0n) is 9.51. The van der Waals surface area contributed by atoms with Gasteiger partial charge in [0.15, 0.2) is 0 Å². The second-order valence-electron chi connectivity index (χ2n) is 3.62. The van der Waals surface area contributed by atoms with Crippen molar-refractivity contribution in [3.8, 4) is 11.3 Å². The minimum atomic E-state index is -1.20. The van der Waals surface area contributed by atoms with Gasteiger partial charge in [0.05, 0.1) is 6.61 Å². The minimum Gasteiger partial charge on any atom is -0.475 e. The van der Waals surface area contributed by atoms with Crippen LogP contribution in [0.1, 0.15) is 16.1 Å². The molecule has 0 fully saturated rings. The van der Waals surface area contributed by atoms with E-state index < -0.39 is 11.8 Å². The first kappa shape index (κ1) is 12.3. The molecule has 0 aliphatic rings.